The van der Waals surface area contributed by atoms with Crippen LogP contribution < -0.4 is 16.0 Å². The van der Waals surface area contributed by atoms with E-state index in [0.717, 1.165) is 11.3 Å². The zero-order valence-corrected chi connectivity index (χ0v) is 11.8. The Kier molecular flexibility index (Phi) is 4.95. The SMILES string of the molecule is COc1cccc(C(Cc2cc(F)ccc2Cl)NN)c1. The molecule has 1 unspecified atom stereocenters. The van der Waals surface area contributed by atoms with Crippen LogP contribution in [-0.2, 0) is 6.42 Å². The first-order valence-electron chi connectivity index (χ1n) is 6.18. The molecule has 0 aliphatic heterocycles. The van der Waals surface area contributed by atoms with Gasteiger partial charge in [0.25, 0.3) is 0 Å². The summed E-state index contributed by atoms with van der Waals surface area (Å²) in [5.74, 6) is 6.03. The predicted octanol–water partition coefficient (Wildman–Crippen LogP) is 3.23. The van der Waals surface area contributed by atoms with E-state index in [1.807, 2.05) is 24.3 Å². The summed E-state index contributed by atoms with van der Waals surface area (Å²) in [6.07, 6.45) is 0.486. The highest BCUT2D eigenvalue weighted by Gasteiger charge is 2.14. The first-order chi connectivity index (χ1) is 9.63. The van der Waals surface area contributed by atoms with E-state index in [9.17, 15) is 4.39 Å². The zero-order chi connectivity index (χ0) is 14.5. The quantitative estimate of drug-likeness (QED) is 0.657. The topological polar surface area (TPSA) is 47.3 Å². The molecule has 106 valence electrons. The van der Waals surface area contributed by atoms with E-state index in [4.69, 9.17) is 22.2 Å². The van der Waals surface area contributed by atoms with Gasteiger partial charge in [0.15, 0.2) is 0 Å². The van der Waals surface area contributed by atoms with Crippen molar-refractivity contribution < 1.29 is 9.13 Å². The smallest absolute Gasteiger partial charge is 0.123 e. The van der Waals surface area contributed by atoms with E-state index >= 15 is 0 Å². The lowest BCUT2D eigenvalue weighted by atomic mass is 9.99. The van der Waals surface area contributed by atoms with Crippen molar-refractivity contribution in [3.63, 3.8) is 0 Å². The number of hydrogen-bond donors (Lipinski definition) is 2. The number of nitrogens with two attached hydrogens (primary N) is 1. The third-order valence-corrected chi connectivity index (χ3v) is 3.50. The minimum absolute atomic E-state index is 0.176. The molecule has 0 aliphatic carbocycles. The van der Waals surface area contributed by atoms with Crippen molar-refractivity contribution in [2.45, 2.75) is 12.5 Å². The average Bonchev–Trinajstić information content (AvgIpc) is 2.48. The highest BCUT2D eigenvalue weighted by atomic mass is 35.5. The minimum Gasteiger partial charge on any atom is -0.497 e. The van der Waals surface area contributed by atoms with Gasteiger partial charge in [-0.1, -0.05) is 23.7 Å². The van der Waals surface area contributed by atoms with Crippen LogP contribution in [0.3, 0.4) is 0 Å². The molecule has 0 heterocycles. The number of rotatable bonds is 5. The average molecular weight is 295 g/mol. The Balaban J connectivity index is 2.26. The van der Waals surface area contributed by atoms with E-state index in [-0.39, 0.29) is 11.9 Å². The van der Waals surface area contributed by atoms with Crippen LogP contribution in [0.25, 0.3) is 0 Å². The number of nitrogens with one attached hydrogen (secondary N) is 1. The van der Waals surface area contributed by atoms with Crippen LogP contribution in [0.4, 0.5) is 4.39 Å². The van der Waals surface area contributed by atoms with E-state index in [1.54, 1.807) is 13.2 Å². The fourth-order valence-electron chi connectivity index (χ4n) is 2.05. The Hall–Kier alpha value is -1.62. The van der Waals surface area contributed by atoms with Crippen molar-refractivity contribution in [3.8, 4) is 5.75 Å². The molecular formula is C15H16ClFN2O. The largest absolute Gasteiger partial charge is 0.497 e. The van der Waals surface area contributed by atoms with Crippen molar-refractivity contribution in [2.24, 2.45) is 5.84 Å². The molecule has 20 heavy (non-hydrogen) atoms. The molecule has 0 saturated carbocycles. The predicted molar refractivity (Wildman–Crippen MR) is 78.2 cm³/mol. The molecule has 0 amide bonds. The Morgan fingerprint density at radius 2 is 2.10 bits per heavy atom. The summed E-state index contributed by atoms with van der Waals surface area (Å²) in [6.45, 7) is 0. The van der Waals surface area contributed by atoms with E-state index < -0.39 is 0 Å². The first kappa shape index (κ1) is 14.8. The van der Waals surface area contributed by atoms with E-state index in [1.165, 1.54) is 12.1 Å². The van der Waals surface area contributed by atoms with Crippen LogP contribution >= 0.6 is 11.6 Å². The van der Waals surface area contributed by atoms with Gasteiger partial charge < -0.3 is 4.74 Å². The highest BCUT2D eigenvalue weighted by molar-refractivity contribution is 6.31. The van der Waals surface area contributed by atoms with Crippen LogP contribution in [0.5, 0.6) is 5.75 Å². The van der Waals surface area contributed by atoms with Gasteiger partial charge in [-0.2, -0.15) is 0 Å². The second kappa shape index (κ2) is 6.70. The summed E-state index contributed by atoms with van der Waals surface area (Å²) in [5.41, 5.74) is 4.39. The molecule has 0 radical (unpaired) electrons. The van der Waals surface area contributed by atoms with Gasteiger partial charge in [0, 0.05) is 5.02 Å². The highest BCUT2D eigenvalue weighted by Crippen LogP contribution is 2.25. The third kappa shape index (κ3) is 3.48. The number of methoxy groups -OCH3 is 1. The number of halogens is 2. The monoisotopic (exact) mass is 294 g/mol. The molecule has 0 fully saturated rings. The molecule has 0 bridgehead atoms. The summed E-state index contributed by atoms with van der Waals surface area (Å²) in [5, 5.41) is 0.523. The number of hydrogen-bond acceptors (Lipinski definition) is 3. The van der Waals surface area contributed by atoms with Crippen molar-refractivity contribution in [3.05, 3.63) is 64.4 Å². The summed E-state index contributed by atoms with van der Waals surface area (Å²) in [4.78, 5) is 0. The number of hydrazine groups is 1. The van der Waals surface area contributed by atoms with Crippen molar-refractivity contribution in [2.75, 3.05) is 7.11 Å². The number of ether oxygens (including phenoxy) is 1. The molecule has 3 nitrogen and oxygen atoms in total. The van der Waals surface area contributed by atoms with Gasteiger partial charge >= 0.3 is 0 Å². The van der Waals surface area contributed by atoms with Gasteiger partial charge in [0.1, 0.15) is 11.6 Å². The van der Waals surface area contributed by atoms with E-state index in [0.29, 0.717) is 17.0 Å². The molecule has 5 heteroatoms. The fourth-order valence-corrected chi connectivity index (χ4v) is 2.25. The van der Waals surface area contributed by atoms with Crippen molar-refractivity contribution in [1.82, 2.24) is 5.43 Å². The molecule has 2 aromatic carbocycles. The van der Waals surface area contributed by atoms with Gasteiger partial charge in [0.2, 0.25) is 0 Å². The molecule has 0 aromatic heterocycles. The maximum Gasteiger partial charge on any atom is 0.123 e. The van der Waals surface area contributed by atoms with Crippen LogP contribution in [-0.4, -0.2) is 7.11 Å². The van der Waals surface area contributed by atoms with Gasteiger partial charge in [-0.15, -0.1) is 0 Å². The van der Waals surface area contributed by atoms with Gasteiger partial charge in [0.05, 0.1) is 13.2 Å². The molecule has 2 rings (SSSR count). The second-order valence-electron chi connectivity index (χ2n) is 4.44. The zero-order valence-electron chi connectivity index (χ0n) is 11.1. The van der Waals surface area contributed by atoms with Gasteiger partial charge in [-0.25, -0.2) is 4.39 Å². The third-order valence-electron chi connectivity index (χ3n) is 3.13. The minimum atomic E-state index is -0.314. The van der Waals surface area contributed by atoms with E-state index in [2.05, 4.69) is 5.43 Å². The second-order valence-corrected chi connectivity index (χ2v) is 4.84. The van der Waals surface area contributed by atoms with Crippen molar-refractivity contribution >= 4 is 11.6 Å². The molecule has 2 aromatic rings. The lowest BCUT2D eigenvalue weighted by molar-refractivity contribution is 0.413. The Labute approximate surface area is 122 Å². The number of benzene rings is 2. The first-order valence-corrected chi connectivity index (χ1v) is 6.56. The van der Waals surface area contributed by atoms with Crippen LogP contribution in [0.2, 0.25) is 5.02 Å². The molecule has 0 spiro atoms. The Morgan fingerprint density at radius 1 is 1.30 bits per heavy atom. The van der Waals surface area contributed by atoms with Crippen LogP contribution in [0.15, 0.2) is 42.5 Å². The molecular weight excluding hydrogens is 279 g/mol. The maximum absolute atomic E-state index is 13.3. The molecule has 0 aliphatic rings. The lowest BCUT2D eigenvalue weighted by Gasteiger charge is -2.18. The molecule has 0 saturated heterocycles. The molecule has 3 N–H and O–H groups in total. The van der Waals surface area contributed by atoms with Crippen molar-refractivity contribution in [1.29, 1.82) is 0 Å². The Morgan fingerprint density at radius 3 is 2.80 bits per heavy atom. The lowest BCUT2D eigenvalue weighted by Crippen LogP contribution is -2.29. The van der Waals surface area contributed by atoms with Gasteiger partial charge in [-0.3, -0.25) is 11.3 Å². The normalized spacial score (nSPS) is 12.2. The summed E-state index contributed by atoms with van der Waals surface area (Å²) < 4.78 is 18.5. The summed E-state index contributed by atoms with van der Waals surface area (Å²) >= 11 is 6.08. The van der Waals surface area contributed by atoms with Crippen LogP contribution in [0.1, 0.15) is 17.2 Å². The van der Waals surface area contributed by atoms with Crippen LogP contribution in [0, 0.1) is 5.82 Å². The Bertz CT molecular complexity index is 592. The maximum atomic E-state index is 13.3. The summed E-state index contributed by atoms with van der Waals surface area (Å²) in [7, 11) is 1.60. The fraction of sp³-hybridized carbons (Fsp3) is 0.200. The standard InChI is InChI=1S/C15H16ClFN2O/c1-20-13-4-2-3-10(8-13)15(19-18)9-11-7-12(17)5-6-14(11)16/h2-8,15,19H,9,18H2,1H3. The molecule has 1 atom stereocenters. The summed E-state index contributed by atoms with van der Waals surface area (Å²) in [6, 6.07) is 11.7. The van der Waals surface area contributed by atoms with Gasteiger partial charge in [-0.05, 0) is 47.9 Å².